The maximum atomic E-state index is 13.9. The summed E-state index contributed by atoms with van der Waals surface area (Å²) in [6, 6.07) is 8.72. The maximum absolute atomic E-state index is 13.9. The van der Waals surface area contributed by atoms with Crippen molar-refractivity contribution in [1.29, 1.82) is 5.26 Å². The van der Waals surface area contributed by atoms with Crippen LogP contribution in [0.25, 0.3) is 11.1 Å². The Morgan fingerprint density at radius 3 is 2.96 bits per heavy atom. The summed E-state index contributed by atoms with van der Waals surface area (Å²) < 4.78 is 21.5. The van der Waals surface area contributed by atoms with Crippen LogP contribution in [0.4, 0.5) is 10.2 Å². The molecule has 2 N–H and O–H groups in total. The van der Waals surface area contributed by atoms with Crippen LogP contribution in [0.2, 0.25) is 0 Å². The number of fused-ring (bicyclic) bond motifs is 5. The Hall–Kier alpha value is -3.05. The van der Waals surface area contributed by atoms with Crippen LogP contribution in [-0.4, -0.2) is 14.8 Å². The fraction of sp³-hybridized carbons (Fsp3) is 0.250. The minimum absolute atomic E-state index is 0.240. The third kappa shape index (κ3) is 3.18. The van der Waals surface area contributed by atoms with Gasteiger partial charge in [-0.25, -0.2) is 9.37 Å². The number of nitriles is 1. The molecule has 2 aromatic heterocycles. The molecule has 0 saturated carbocycles. The Balaban J connectivity index is 1.90. The molecular weight excluding hydrogens is 377 g/mol. The number of rotatable bonds is 0. The van der Waals surface area contributed by atoms with E-state index in [4.69, 9.17) is 10.5 Å². The standard InChI is InChI=1S/C20H18FN5OS/c1-11-15-6-14(21)4-3-12(15)9-28-10-16-19(17(7-22)26(2)25-16)13-5-18(27-11)20(23)24-8-13/h3-6,8,11H,9-10H2,1-2H3,(H2,23,24). The van der Waals surface area contributed by atoms with Gasteiger partial charge in [-0.15, -0.1) is 0 Å². The van der Waals surface area contributed by atoms with Crippen molar-refractivity contribution in [2.45, 2.75) is 24.5 Å². The van der Waals surface area contributed by atoms with E-state index in [9.17, 15) is 9.65 Å². The monoisotopic (exact) mass is 395 g/mol. The molecule has 0 fully saturated rings. The summed E-state index contributed by atoms with van der Waals surface area (Å²) in [5, 5.41) is 14.1. The van der Waals surface area contributed by atoms with Crippen molar-refractivity contribution < 1.29 is 9.13 Å². The first-order chi connectivity index (χ1) is 13.5. The van der Waals surface area contributed by atoms with Gasteiger partial charge in [0.05, 0.1) is 5.69 Å². The molecule has 8 heteroatoms. The van der Waals surface area contributed by atoms with Crippen molar-refractivity contribution in [1.82, 2.24) is 14.8 Å². The van der Waals surface area contributed by atoms with Gasteiger partial charge in [-0.3, -0.25) is 4.68 Å². The first-order valence-electron chi connectivity index (χ1n) is 8.72. The highest BCUT2D eigenvalue weighted by atomic mass is 32.2. The quantitative estimate of drug-likeness (QED) is 0.620. The largest absolute Gasteiger partial charge is 0.482 e. The summed E-state index contributed by atoms with van der Waals surface area (Å²) >= 11 is 1.65. The molecule has 1 unspecified atom stereocenters. The highest BCUT2D eigenvalue weighted by Gasteiger charge is 2.22. The molecule has 0 saturated heterocycles. The van der Waals surface area contributed by atoms with Crippen molar-refractivity contribution in [3.8, 4) is 22.9 Å². The molecule has 1 atom stereocenters. The smallest absolute Gasteiger partial charge is 0.166 e. The van der Waals surface area contributed by atoms with E-state index >= 15 is 0 Å². The highest BCUT2D eigenvalue weighted by Crippen LogP contribution is 2.37. The van der Waals surface area contributed by atoms with Crippen LogP contribution in [0.15, 0.2) is 30.5 Å². The normalized spacial score (nSPS) is 16.0. The lowest BCUT2D eigenvalue weighted by Crippen LogP contribution is -2.09. The van der Waals surface area contributed by atoms with Crippen molar-refractivity contribution in [2.75, 3.05) is 5.73 Å². The second kappa shape index (κ2) is 7.17. The SMILES string of the molecule is CC1Oc2cc(cnc2N)-c2c(nn(C)c2C#N)CSCc2ccc(F)cc21. The van der Waals surface area contributed by atoms with Crippen molar-refractivity contribution in [3.05, 3.63) is 58.8 Å². The topological polar surface area (TPSA) is 89.8 Å². The van der Waals surface area contributed by atoms with Crippen LogP contribution in [0.1, 0.15) is 35.5 Å². The van der Waals surface area contributed by atoms with Crippen LogP contribution in [-0.2, 0) is 18.6 Å². The molecule has 1 aliphatic heterocycles. The summed E-state index contributed by atoms with van der Waals surface area (Å²) in [6.45, 7) is 1.86. The number of nitrogens with zero attached hydrogens (tertiary/aromatic N) is 4. The molecule has 0 radical (unpaired) electrons. The number of halogens is 1. The first-order valence-corrected chi connectivity index (χ1v) is 9.88. The van der Waals surface area contributed by atoms with Crippen LogP contribution in [0.3, 0.4) is 0 Å². The van der Waals surface area contributed by atoms with Gasteiger partial charge in [0.2, 0.25) is 0 Å². The van der Waals surface area contributed by atoms with Gasteiger partial charge in [-0.05, 0) is 36.2 Å². The molecule has 3 heterocycles. The van der Waals surface area contributed by atoms with E-state index in [2.05, 4.69) is 16.2 Å². The summed E-state index contributed by atoms with van der Waals surface area (Å²) in [5.41, 5.74) is 10.5. The van der Waals surface area contributed by atoms with E-state index in [-0.39, 0.29) is 11.6 Å². The fourth-order valence-electron chi connectivity index (χ4n) is 3.39. The number of nitrogens with two attached hydrogens (primary N) is 1. The predicted molar refractivity (Wildman–Crippen MR) is 106 cm³/mol. The molecule has 0 spiro atoms. The summed E-state index contributed by atoms with van der Waals surface area (Å²) in [5.74, 6) is 1.60. The van der Waals surface area contributed by atoms with Crippen molar-refractivity contribution in [3.63, 3.8) is 0 Å². The van der Waals surface area contributed by atoms with E-state index in [0.717, 1.165) is 27.9 Å². The van der Waals surface area contributed by atoms with Crippen LogP contribution < -0.4 is 10.5 Å². The number of ether oxygens (including phenoxy) is 1. The Morgan fingerprint density at radius 1 is 1.36 bits per heavy atom. The lowest BCUT2D eigenvalue weighted by Gasteiger charge is -2.20. The molecule has 0 aliphatic carbocycles. The summed E-state index contributed by atoms with van der Waals surface area (Å²) in [4.78, 5) is 4.25. The Kier molecular flexibility index (Phi) is 4.69. The van der Waals surface area contributed by atoms with Crippen LogP contribution in [0.5, 0.6) is 5.75 Å². The zero-order chi connectivity index (χ0) is 19.8. The van der Waals surface area contributed by atoms with Gasteiger partial charge in [-0.2, -0.15) is 22.1 Å². The highest BCUT2D eigenvalue weighted by molar-refractivity contribution is 7.97. The van der Waals surface area contributed by atoms with Gasteiger partial charge >= 0.3 is 0 Å². The first kappa shape index (κ1) is 18.3. The second-order valence-electron chi connectivity index (χ2n) is 6.61. The molecule has 142 valence electrons. The lowest BCUT2D eigenvalue weighted by molar-refractivity contribution is 0.226. The molecule has 0 amide bonds. The summed E-state index contributed by atoms with van der Waals surface area (Å²) in [7, 11) is 1.75. The van der Waals surface area contributed by atoms with Gasteiger partial charge in [0.15, 0.2) is 11.6 Å². The molecule has 4 rings (SSSR count). The average molecular weight is 395 g/mol. The number of nitrogen functional groups attached to an aromatic ring is 1. The molecule has 3 aromatic rings. The van der Waals surface area contributed by atoms with Crippen molar-refractivity contribution in [2.24, 2.45) is 7.05 Å². The fourth-order valence-corrected chi connectivity index (χ4v) is 4.37. The molecule has 1 aliphatic rings. The van der Waals surface area contributed by atoms with E-state index in [1.54, 1.807) is 41.8 Å². The van der Waals surface area contributed by atoms with Gasteiger partial charge in [0.25, 0.3) is 0 Å². The molecule has 6 nitrogen and oxygen atoms in total. The second-order valence-corrected chi connectivity index (χ2v) is 7.59. The predicted octanol–water partition coefficient (Wildman–Crippen LogP) is 3.96. The zero-order valence-corrected chi connectivity index (χ0v) is 16.3. The molecule has 1 aromatic carbocycles. The molecule has 2 bridgehead atoms. The van der Waals surface area contributed by atoms with Gasteiger partial charge < -0.3 is 10.5 Å². The number of hydrogen-bond donors (Lipinski definition) is 1. The van der Waals surface area contributed by atoms with E-state index < -0.39 is 6.10 Å². The Labute approximate surface area is 166 Å². The Bertz CT molecular complexity index is 1100. The Morgan fingerprint density at radius 2 is 2.18 bits per heavy atom. The number of anilines is 1. The minimum Gasteiger partial charge on any atom is -0.482 e. The number of hydrogen-bond acceptors (Lipinski definition) is 6. The number of aryl methyl sites for hydroxylation is 1. The van der Waals surface area contributed by atoms with Crippen molar-refractivity contribution >= 4 is 17.6 Å². The van der Waals surface area contributed by atoms with Crippen LogP contribution >= 0.6 is 11.8 Å². The van der Waals surface area contributed by atoms with E-state index in [0.29, 0.717) is 22.9 Å². The minimum atomic E-state index is -0.408. The summed E-state index contributed by atoms with van der Waals surface area (Å²) in [6.07, 6.45) is 1.21. The number of thioether (sulfide) groups is 1. The van der Waals surface area contributed by atoms with Gasteiger partial charge in [-0.1, -0.05) is 6.07 Å². The third-order valence-electron chi connectivity index (χ3n) is 4.74. The number of benzene rings is 1. The van der Waals surface area contributed by atoms with E-state index in [1.165, 1.54) is 12.1 Å². The third-order valence-corrected chi connectivity index (χ3v) is 5.73. The maximum Gasteiger partial charge on any atom is 0.166 e. The van der Waals surface area contributed by atoms with Gasteiger partial charge in [0, 0.05) is 35.9 Å². The zero-order valence-electron chi connectivity index (χ0n) is 15.4. The molecule has 28 heavy (non-hydrogen) atoms. The molecular formula is C20H18FN5OS. The lowest BCUT2D eigenvalue weighted by atomic mass is 10.0. The average Bonchev–Trinajstić information content (AvgIpc) is 2.99. The van der Waals surface area contributed by atoms with Crippen LogP contribution in [0, 0.1) is 17.1 Å². The number of aromatic nitrogens is 3. The number of pyridine rings is 1. The van der Waals surface area contributed by atoms with E-state index in [1.807, 2.05) is 6.92 Å². The van der Waals surface area contributed by atoms with Gasteiger partial charge in [0.1, 0.15) is 23.7 Å².